The Hall–Kier alpha value is -2.65. The Bertz CT molecular complexity index is 1250. The van der Waals surface area contributed by atoms with Gasteiger partial charge in [0, 0.05) is 39.0 Å². The number of amides is 1. The zero-order valence-electron chi connectivity index (χ0n) is 18.3. The zero-order valence-corrected chi connectivity index (χ0v) is 22.6. The first kappa shape index (κ1) is 24.5. The van der Waals surface area contributed by atoms with E-state index in [1.807, 2.05) is 54.6 Å². The molecule has 1 fully saturated rings. The summed E-state index contributed by atoms with van der Waals surface area (Å²) in [5.74, 6) is 0.386. The molecule has 0 radical (unpaired) electrons. The molecule has 1 heterocycles. The molecule has 1 N–H and O–H groups in total. The maximum absolute atomic E-state index is 12.6. The molecule has 3 aromatic carbocycles. The van der Waals surface area contributed by atoms with Crippen molar-refractivity contribution in [1.29, 1.82) is 5.26 Å². The highest BCUT2D eigenvalue weighted by atomic mass is 127. The molecule has 0 aromatic heterocycles. The van der Waals surface area contributed by atoms with E-state index in [2.05, 4.69) is 66.7 Å². The van der Waals surface area contributed by atoms with Gasteiger partial charge in [0.25, 0.3) is 5.91 Å². The Morgan fingerprint density at radius 1 is 1.12 bits per heavy atom. The van der Waals surface area contributed by atoms with Crippen molar-refractivity contribution < 1.29 is 9.53 Å². The van der Waals surface area contributed by atoms with Crippen LogP contribution in [0.15, 0.2) is 65.8 Å². The van der Waals surface area contributed by atoms with Crippen LogP contribution in [0, 0.1) is 18.5 Å². The number of rotatable bonds is 7. The molecule has 1 aliphatic heterocycles. The second-order valence-corrected chi connectivity index (χ2v) is 10.2. The normalized spacial score (nSPS) is 13.1. The molecule has 0 saturated carbocycles. The van der Waals surface area contributed by atoms with Crippen LogP contribution < -0.4 is 15.1 Å². The highest BCUT2D eigenvalue weighted by Crippen LogP contribution is 2.28. The smallest absolute Gasteiger partial charge is 0.271 e. The van der Waals surface area contributed by atoms with Crippen molar-refractivity contribution in [3.63, 3.8) is 0 Å². The van der Waals surface area contributed by atoms with E-state index in [0.29, 0.717) is 16.9 Å². The largest absolute Gasteiger partial charge is 0.487 e. The molecule has 1 amide bonds. The summed E-state index contributed by atoms with van der Waals surface area (Å²) in [7, 11) is 0. The van der Waals surface area contributed by atoms with Gasteiger partial charge in [-0.2, -0.15) is 10.4 Å². The maximum Gasteiger partial charge on any atom is 0.271 e. The number of ether oxygens (including phenoxy) is 1. The molecule has 4 rings (SSSR count). The summed E-state index contributed by atoms with van der Waals surface area (Å²) >= 11 is 4.45. The molecule has 0 atom stereocenters. The molecule has 1 saturated heterocycles. The number of nitriles is 1. The average Bonchev–Trinajstić information content (AvgIpc) is 3.39. The highest BCUT2D eigenvalue weighted by Gasteiger charge is 2.14. The van der Waals surface area contributed by atoms with Crippen molar-refractivity contribution in [2.24, 2.45) is 5.10 Å². The van der Waals surface area contributed by atoms with Crippen molar-refractivity contribution >= 4 is 63.0 Å². The number of nitrogens with zero attached hydrogens (tertiary/aromatic N) is 3. The van der Waals surface area contributed by atoms with Gasteiger partial charge in [0.2, 0.25) is 0 Å². The first-order valence-electron chi connectivity index (χ1n) is 10.8. The summed E-state index contributed by atoms with van der Waals surface area (Å²) in [5.41, 5.74) is 6.45. The lowest BCUT2D eigenvalue weighted by atomic mass is 10.1. The Morgan fingerprint density at radius 3 is 2.59 bits per heavy atom. The van der Waals surface area contributed by atoms with Gasteiger partial charge in [-0.1, -0.05) is 18.2 Å². The third-order valence-corrected chi connectivity index (χ3v) is 6.94. The van der Waals surface area contributed by atoms with Gasteiger partial charge >= 0.3 is 0 Å². The highest BCUT2D eigenvalue weighted by molar-refractivity contribution is 14.1. The minimum atomic E-state index is -0.269. The van der Waals surface area contributed by atoms with Gasteiger partial charge in [0.05, 0.1) is 21.4 Å². The molecule has 172 valence electrons. The molecule has 0 bridgehead atoms. The number of nitrogens with one attached hydrogen (secondary N) is 1. The van der Waals surface area contributed by atoms with E-state index >= 15 is 0 Å². The van der Waals surface area contributed by atoms with Gasteiger partial charge < -0.3 is 9.64 Å². The molecular weight excluding hydrogens is 654 g/mol. The van der Waals surface area contributed by atoms with E-state index in [4.69, 9.17) is 4.74 Å². The molecule has 1 aliphatic rings. The molecule has 8 heteroatoms. The fraction of sp³-hybridized carbons (Fsp3) is 0.192. The standard InChI is InChI=1S/C26H22I2N4O2/c27-22-13-21(25(24(28)14-22)34-17-20-6-2-1-5-19(20)15-29)16-30-31-26(33)18-7-9-23(10-8-18)32-11-3-4-12-32/h1-2,5-10,13-14,16H,3-4,11-12,17H2,(H,31,33)/b30-16-. The zero-order chi connectivity index (χ0) is 23.9. The summed E-state index contributed by atoms with van der Waals surface area (Å²) in [6, 6.07) is 21.1. The second-order valence-electron chi connectivity index (χ2n) is 7.80. The Morgan fingerprint density at radius 2 is 1.85 bits per heavy atom. The van der Waals surface area contributed by atoms with Gasteiger partial charge in [-0.25, -0.2) is 5.43 Å². The van der Waals surface area contributed by atoms with Crippen molar-refractivity contribution in [1.82, 2.24) is 5.43 Å². The van der Waals surface area contributed by atoms with Gasteiger partial charge in [0.1, 0.15) is 12.4 Å². The lowest BCUT2D eigenvalue weighted by Crippen LogP contribution is -2.19. The quantitative estimate of drug-likeness (QED) is 0.198. The number of halogens is 2. The first-order valence-corrected chi connectivity index (χ1v) is 13.0. The third kappa shape index (κ3) is 6.07. The average molecular weight is 676 g/mol. The monoisotopic (exact) mass is 676 g/mol. The maximum atomic E-state index is 12.6. The van der Waals surface area contributed by atoms with E-state index in [1.165, 1.54) is 12.8 Å². The molecule has 6 nitrogen and oxygen atoms in total. The Balaban J connectivity index is 1.44. The first-order chi connectivity index (χ1) is 16.5. The van der Waals surface area contributed by atoms with Crippen molar-refractivity contribution in [3.05, 3.63) is 90.1 Å². The van der Waals surface area contributed by atoms with E-state index in [0.717, 1.165) is 37.0 Å². The van der Waals surface area contributed by atoms with Gasteiger partial charge in [-0.15, -0.1) is 0 Å². The number of hydrogen-bond acceptors (Lipinski definition) is 5. The molecule has 0 aliphatic carbocycles. The predicted molar refractivity (Wildman–Crippen MR) is 150 cm³/mol. The van der Waals surface area contributed by atoms with E-state index in [9.17, 15) is 10.1 Å². The lowest BCUT2D eigenvalue weighted by Gasteiger charge is -2.17. The molecule has 3 aromatic rings. The minimum Gasteiger partial charge on any atom is -0.487 e. The Kier molecular flexibility index (Phi) is 8.39. The number of hydrazone groups is 1. The van der Waals surface area contributed by atoms with Crippen LogP contribution in [0.2, 0.25) is 0 Å². The molecule has 34 heavy (non-hydrogen) atoms. The number of carbonyl (C=O) groups is 1. The number of benzene rings is 3. The van der Waals surface area contributed by atoms with Crippen LogP contribution >= 0.6 is 45.2 Å². The van der Waals surface area contributed by atoms with E-state index < -0.39 is 0 Å². The second kappa shape index (κ2) is 11.7. The fourth-order valence-electron chi connectivity index (χ4n) is 3.76. The van der Waals surface area contributed by atoms with Crippen LogP contribution in [0.3, 0.4) is 0 Å². The summed E-state index contributed by atoms with van der Waals surface area (Å²) in [6.45, 7) is 2.39. The lowest BCUT2D eigenvalue weighted by molar-refractivity contribution is 0.0955. The van der Waals surface area contributed by atoms with E-state index in [-0.39, 0.29) is 12.5 Å². The Labute approximate surface area is 226 Å². The SMILES string of the molecule is N#Cc1ccccc1COc1c(I)cc(I)cc1/C=N\NC(=O)c1ccc(N2CCCC2)cc1. The third-order valence-electron chi connectivity index (χ3n) is 5.52. The number of anilines is 1. The molecule has 0 unspecified atom stereocenters. The van der Waals surface area contributed by atoms with Crippen LogP contribution in [-0.2, 0) is 6.61 Å². The molecule has 0 spiro atoms. The van der Waals surface area contributed by atoms with Crippen molar-refractivity contribution in [2.75, 3.05) is 18.0 Å². The number of carbonyl (C=O) groups excluding carboxylic acids is 1. The fourth-order valence-corrected chi connectivity index (χ4v) is 5.80. The summed E-state index contributed by atoms with van der Waals surface area (Å²) < 4.78 is 8.03. The van der Waals surface area contributed by atoms with Crippen LogP contribution in [0.1, 0.15) is 39.9 Å². The summed E-state index contributed by atoms with van der Waals surface area (Å²) in [6.07, 6.45) is 4.02. The van der Waals surface area contributed by atoms with Crippen LogP contribution in [0.4, 0.5) is 5.69 Å². The molecular formula is C26H22I2N4O2. The van der Waals surface area contributed by atoms with Crippen LogP contribution in [-0.4, -0.2) is 25.2 Å². The van der Waals surface area contributed by atoms with Gasteiger partial charge in [-0.3, -0.25) is 4.79 Å². The number of hydrogen-bond donors (Lipinski definition) is 1. The van der Waals surface area contributed by atoms with Crippen LogP contribution in [0.25, 0.3) is 0 Å². The minimum absolute atomic E-state index is 0.261. The summed E-state index contributed by atoms with van der Waals surface area (Å²) in [5, 5.41) is 13.5. The van der Waals surface area contributed by atoms with E-state index in [1.54, 1.807) is 12.3 Å². The van der Waals surface area contributed by atoms with Crippen LogP contribution in [0.5, 0.6) is 5.75 Å². The summed E-state index contributed by atoms with van der Waals surface area (Å²) in [4.78, 5) is 14.9. The predicted octanol–water partition coefficient (Wildman–Crippen LogP) is 5.71. The topological polar surface area (TPSA) is 77.7 Å². The van der Waals surface area contributed by atoms with Gasteiger partial charge in [-0.05, 0) is 100 Å². The van der Waals surface area contributed by atoms with Crippen molar-refractivity contribution in [3.8, 4) is 11.8 Å². The van der Waals surface area contributed by atoms with Crippen molar-refractivity contribution in [2.45, 2.75) is 19.4 Å². The van der Waals surface area contributed by atoms with Gasteiger partial charge in [0.15, 0.2) is 0 Å².